The number of anilines is 1. The Morgan fingerprint density at radius 1 is 0.719 bits per heavy atom. The molecule has 0 bridgehead atoms. The van der Waals surface area contributed by atoms with E-state index >= 15 is 0 Å². The fraction of sp³-hybridized carbons (Fsp3) is 0.621. The van der Waals surface area contributed by atoms with Crippen molar-refractivity contribution in [2.75, 3.05) is 11.9 Å². The Bertz CT molecular complexity index is 619. The Morgan fingerprint density at radius 3 is 1.66 bits per heavy atom. The van der Waals surface area contributed by atoms with Crippen molar-refractivity contribution in [2.45, 2.75) is 110 Å². The Hall–Kier alpha value is -2.03. The number of unbranched alkanes of at least 4 members (excludes halogenated alkanes) is 15. The number of rotatable bonds is 21. The minimum absolute atomic E-state index is 0.928. The van der Waals surface area contributed by atoms with E-state index in [-0.39, 0.29) is 0 Å². The van der Waals surface area contributed by atoms with Crippen molar-refractivity contribution < 1.29 is 9.90 Å². The second kappa shape index (κ2) is 20.8. The predicted octanol–water partition coefficient (Wildman–Crippen LogP) is 9.01. The van der Waals surface area contributed by atoms with Crippen molar-refractivity contribution in [3.05, 3.63) is 48.1 Å². The third-order valence-electron chi connectivity index (χ3n) is 5.91. The smallest absolute Gasteiger partial charge is 0.328 e. The zero-order chi connectivity index (χ0) is 23.1. The molecule has 2 N–H and O–H groups in total. The lowest BCUT2D eigenvalue weighted by atomic mass is 10.0. The first kappa shape index (κ1) is 28.0. The van der Waals surface area contributed by atoms with Crippen LogP contribution in [0.1, 0.15) is 115 Å². The summed E-state index contributed by atoms with van der Waals surface area (Å²) in [5, 5.41) is 12.0. The minimum atomic E-state index is -0.928. The molecule has 0 fully saturated rings. The van der Waals surface area contributed by atoms with E-state index in [0.717, 1.165) is 23.9 Å². The Kier molecular flexibility index (Phi) is 18.2. The SMILES string of the molecule is CCCCCCCCCCCCCCCCCCNc1ccc(/C=C/C=C/C(=O)O)cc1. The molecule has 0 amide bonds. The molecule has 180 valence electrons. The summed E-state index contributed by atoms with van der Waals surface area (Å²) < 4.78 is 0. The largest absolute Gasteiger partial charge is 0.478 e. The number of carboxylic acid groups (broad SMARTS) is 1. The van der Waals surface area contributed by atoms with Crippen LogP contribution in [0.25, 0.3) is 6.08 Å². The molecule has 0 aliphatic rings. The lowest BCUT2D eigenvalue weighted by Gasteiger charge is -2.07. The second-order valence-corrected chi connectivity index (χ2v) is 8.91. The van der Waals surface area contributed by atoms with E-state index in [1.807, 2.05) is 18.2 Å². The first-order valence-corrected chi connectivity index (χ1v) is 13.1. The van der Waals surface area contributed by atoms with E-state index in [2.05, 4.69) is 24.4 Å². The summed E-state index contributed by atoms with van der Waals surface area (Å²) in [6, 6.07) is 8.24. The van der Waals surface area contributed by atoms with Gasteiger partial charge >= 0.3 is 5.97 Å². The van der Waals surface area contributed by atoms with Gasteiger partial charge in [0.1, 0.15) is 0 Å². The zero-order valence-electron chi connectivity index (χ0n) is 20.5. The second-order valence-electron chi connectivity index (χ2n) is 8.91. The van der Waals surface area contributed by atoms with Crippen molar-refractivity contribution in [2.24, 2.45) is 0 Å². The summed E-state index contributed by atoms with van der Waals surface area (Å²) in [5.74, 6) is -0.928. The highest BCUT2D eigenvalue weighted by molar-refractivity contribution is 5.80. The number of nitrogens with one attached hydrogen (secondary N) is 1. The maximum absolute atomic E-state index is 10.4. The average Bonchev–Trinajstić information content (AvgIpc) is 2.79. The Balaban J connectivity index is 1.88. The van der Waals surface area contributed by atoms with Gasteiger partial charge in [0, 0.05) is 18.3 Å². The summed E-state index contributed by atoms with van der Waals surface area (Å²) in [5.41, 5.74) is 2.21. The molecule has 0 spiro atoms. The molecule has 0 atom stereocenters. The number of carbonyl (C=O) groups is 1. The van der Waals surface area contributed by atoms with Crippen molar-refractivity contribution in [1.29, 1.82) is 0 Å². The van der Waals surface area contributed by atoms with Gasteiger partial charge in [-0.3, -0.25) is 0 Å². The summed E-state index contributed by atoms with van der Waals surface area (Å²) in [6.07, 6.45) is 28.7. The molecular formula is C29H47NO2. The van der Waals surface area contributed by atoms with Crippen LogP contribution in [0.15, 0.2) is 42.5 Å². The first-order valence-electron chi connectivity index (χ1n) is 13.1. The molecule has 0 unspecified atom stereocenters. The molecule has 0 radical (unpaired) electrons. The lowest BCUT2D eigenvalue weighted by Crippen LogP contribution is -2.01. The van der Waals surface area contributed by atoms with Crippen molar-refractivity contribution in [3.8, 4) is 0 Å². The maximum Gasteiger partial charge on any atom is 0.328 e. The van der Waals surface area contributed by atoms with Crippen LogP contribution in [0.4, 0.5) is 5.69 Å². The van der Waals surface area contributed by atoms with E-state index in [1.165, 1.54) is 109 Å². The van der Waals surface area contributed by atoms with Crippen LogP contribution < -0.4 is 5.32 Å². The van der Waals surface area contributed by atoms with Gasteiger partial charge < -0.3 is 10.4 Å². The number of allylic oxidation sites excluding steroid dienone is 2. The Labute approximate surface area is 197 Å². The maximum atomic E-state index is 10.4. The summed E-state index contributed by atoms with van der Waals surface area (Å²) in [7, 11) is 0. The van der Waals surface area contributed by atoms with E-state index in [0.29, 0.717) is 0 Å². The zero-order valence-corrected chi connectivity index (χ0v) is 20.5. The Morgan fingerprint density at radius 2 is 1.19 bits per heavy atom. The molecule has 1 aromatic carbocycles. The van der Waals surface area contributed by atoms with Gasteiger partial charge in [-0.15, -0.1) is 0 Å². The van der Waals surface area contributed by atoms with E-state index in [9.17, 15) is 4.79 Å². The summed E-state index contributed by atoms with van der Waals surface area (Å²) in [6.45, 7) is 3.31. The van der Waals surface area contributed by atoms with Gasteiger partial charge in [0.2, 0.25) is 0 Å². The first-order chi connectivity index (χ1) is 15.7. The van der Waals surface area contributed by atoms with Crippen LogP contribution in [-0.4, -0.2) is 17.6 Å². The van der Waals surface area contributed by atoms with Gasteiger partial charge in [0.25, 0.3) is 0 Å². The molecule has 1 rings (SSSR count). The van der Waals surface area contributed by atoms with Gasteiger partial charge in [0.05, 0.1) is 0 Å². The fourth-order valence-electron chi connectivity index (χ4n) is 3.92. The topological polar surface area (TPSA) is 49.3 Å². The van der Waals surface area contributed by atoms with Crippen LogP contribution in [0, 0.1) is 0 Å². The molecule has 0 saturated heterocycles. The van der Waals surface area contributed by atoms with Crippen LogP contribution in [0.5, 0.6) is 0 Å². The van der Waals surface area contributed by atoms with Gasteiger partial charge in [0.15, 0.2) is 0 Å². The van der Waals surface area contributed by atoms with Crippen LogP contribution in [-0.2, 0) is 4.79 Å². The number of aliphatic carboxylic acids is 1. The van der Waals surface area contributed by atoms with Gasteiger partial charge in [-0.1, -0.05) is 134 Å². The predicted molar refractivity (Wildman–Crippen MR) is 140 cm³/mol. The highest BCUT2D eigenvalue weighted by Crippen LogP contribution is 2.14. The molecule has 32 heavy (non-hydrogen) atoms. The summed E-state index contributed by atoms with van der Waals surface area (Å²) in [4.78, 5) is 10.4. The molecule has 0 aliphatic carbocycles. The van der Waals surface area contributed by atoms with Crippen LogP contribution >= 0.6 is 0 Å². The number of hydrogen-bond donors (Lipinski definition) is 2. The molecule has 0 aromatic heterocycles. The van der Waals surface area contributed by atoms with Gasteiger partial charge in [-0.05, 0) is 24.1 Å². The molecule has 0 heterocycles. The number of benzene rings is 1. The number of carboxylic acids is 1. The van der Waals surface area contributed by atoms with Crippen LogP contribution in [0.2, 0.25) is 0 Å². The highest BCUT2D eigenvalue weighted by atomic mass is 16.4. The molecule has 3 heteroatoms. The average molecular weight is 442 g/mol. The van der Waals surface area contributed by atoms with Crippen molar-refractivity contribution >= 4 is 17.7 Å². The van der Waals surface area contributed by atoms with Crippen molar-refractivity contribution in [1.82, 2.24) is 0 Å². The monoisotopic (exact) mass is 441 g/mol. The third kappa shape index (κ3) is 17.6. The molecule has 3 nitrogen and oxygen atoms in total. The van der Waals surface area contributed by atoms with Crippen LogP contribution in [0.3, 0.4) is 0 Å². The molecule has 0 aliphatic heterocycles. The fourth-order valence-corrected chi connectivity index (χ4v) is 3.92. The van der Waals surface area contributed by atoms with Gasteiger partial charge in [-0.25, -0.2) is 4.79 Å². The van der Waals surface area contributed by atoms with Gasteiger partial charge in [-0.2, -0.15) is 0 Å². The normalized spacial score (nSPS) is 11.5. The minimum Gasteiger partial charge on any atom is -0.478 e. The highest BCUT2D eigenvalue weighted by Gasteiger charge is 1.96. The van der Waals surface area contributed by atoms with E-state index < -0.39 is 5.97 Å². The number of hydrogen-bond acceptors (Lipinski definition) is 2. The summed E-state index contributed by atoms with van der Waals surface area (Å²) >= 11 is 0. The molecular weight excluding hydrogens is 394 g/mol. The third-order valence-corrected chi connectivity index (χ3v) is 5.91. The quantitative estimate of drug-likeness (QED) is 0.114. The molecule has 1 aromatic rings. The van der Waals surface area contributed by atoms with E-state index in [1.54, 1.807) is 6.08 Å². The van der Waals surface area contributed by atoms with E-state index in [4.69, 9.17) is 5.11 Å². The lowest BCUT2D eigenvalue weighted by molar-refractivity contribution is -0.131. The van der Waals surface area contributed by atoms with Crippen molar-refractivity contribution in [3.63, 3.8) is 0 Å². The molecule has 0 saturated carbocycles. The standard InChI is InChI=1S/C29H47NO2/c1-2-3-4-5-6-7-8-9-10-11-12-13-14-15-16-19-26-30-28-24-22-27(23-25-28)20-17-18-21-29(31)32/h17-18,20-25,30H,2-16,19,26H2,1H3,(H,31,32)/b20-17+,21-18+.